The molecule has 27 heavy (non-hydrogen) atoms. The molecule has 5 rings (SSSR count). The smallest absolute Gasteiger partial charge is 0.247 e. The highest BCUT2D eigenvalue weighted by Crippen LogP contribution is 2.33. The van der Waals surface area contributed by atoms with Crippen molar-refractivity contribution >= 4 is 11.8 Å². The molecule has 0 bridgehead atoms. The first-order valence-corrected chi connectivity index (χ1v) is 9.15. The fourth-order valence-electron chi connectivity index (χ4n) is 3.59. The third-order valence-corrected chi connectivity index (χ3v) is 5.08. The molecule has 4 heterocycles. The first-order valence-electron chi connectivity index (χ1n) is 9.15. The third-order valence-electron chi connectivity index (χ3n) is 5.08. The van der Waals surface area contributed by atoms with Crippen molar-refractivity contribution in [2.24, 2.45) is 0 Å². The van der Waals surface area contributed by atoms with Crippen molar-refractivity contribution < 1.29 is 18.9 Å². The van der Waals surface area contributed by atoms with Crippen molar-refractivity contribution in [2.45, 2.75) is 25.2 Å². The Morgan fingerprint density at radius 2 is 1.89 bits per heavy atom. The van der Waals surface area contributed by atoms with Crippen molar-refractivity contribution in [1.82, 2.24) is 15.2 Å². The molecule has 0 amide bonds. The lowest BCUT2D eigenvalue weighted by Gasteiger charge is -2.37. The molecule has 2 saturated heterocycles. The van der Waals surface area contributed by atoms with Gasteiger partial charge in [0.05, 0.1) is 19.4 Å². The van der Waals surface area contributed by atoms with Gasteiger partial charge in [0.1, 0.15) is 0 Å². The Morgan fingerprint density at radius 1 is 1.07 bits per heavy atom. The maximum absolute atomic E-state index is 5.77. The number of nitrogens with zero attached hydrogens (tertiary/aromatic N) is 4. The second-order valence-electron chi connectivity index (χ2n) is 6.78. The molecule has 0 aliphatic carbocycles. The van der Waals surface area contributed by atoms with E-state index in [9.17, 15) is 0 Å². The van der Waals surface area contributed by atoms with Gasteiger partial charge < -0.3 is 29.2 Å². The van der Waals surface area contributed by atoms with Gasteiger partial charge >= 0.3 is 0 Å². The number of hydrogen-bond acceptors (Lipinski definition) is 9. The van der Waals surface area contributed by atoms with Gasteiger partial charge in [-0.05, 0) is 17.7 Å². The summed E-state index contributed by atoms with van der Waals surface area (Å²) in [4.78, 5) is 6.72. The molecular formula is C18H21N5O4. The third kappa shape index (κ3) is 3.35. The van der Waals surface area contributed by atoms with Crippen LogP contribution in [0.15, 0.2) is 24.4 Å². The number of hydrogen-bond donors (Lipinski definition) is 1. The summed E-state index contributed by atoms with van der Waals surface area (Å²) in [5, 5.41) is 11.6. The number of piperidine rings is 1. The zero-order valence-electron chi connectivity index (χ0n) is 14.9. The predicted molar refractivity (Wildman–Crippen MR) is 95.8 cm³/mol. The zero-order valence-corrected chi connectivity index (χ0v) is 14.9. The van der Waals surface area contributed by atoms with Crippen molar-refractivity contribution in [3.05, 3.63) is 30.0 Å². The van der Waals surface area contributed by atoms with E-state index in [1.54, 1.807) is 6.20 Å². The molecule has 0 saturated carbocycles. The van der Waals surface area contributed by atoms with E-state index in [0.717, 1.165) is 43.0 Å². The molecule has 142 valence electrons. The Morgan fingerprint density at radius 3 is 2.74 bits per heavy atom. The molecule has 1 spiro atoms. The Hall–Kier alpha value is -2.65. The first-order chi connectivity index (χ1) is 13.3. The van der Waals surface area contributed by atoms with Crippen molar-refractivity contribution in [3.63, 3.8) is 0 Å². The lowest BCUT2D eigenvalue weighted by molar-refractivity contribution is -0.169. The van der Waals surface area contributed by atoms with Crippen LogP contribution in [0, 0.1) is 0 Å². The summed E-state index contributed by atoms with van der Waals surface area (Å²) in [5.74, 6) is 2.46. The van der Waals surface area contributed by atoms with Gasteiger partial charge in [-0.15, -0.1) is 5.10 Å². The van der Waals surface area contributed by atoms with Gasteiger partial charge in [-0.2, -0.15) is 10.1 Å². The number of fused-ring (bicyclic) bond motifs is 1. The van der Waals surface area contributed by atoms with E-state index < -0.39 is 5.79 Å². The molecule has 2 fully saturated rings. The molecule has 9 heteroatoms. The van der Waals surface area contributed by atoms with Gasteiger partial charge in [0.25, 0.3) is 0 Å². The fourth-order valence-corrected chi connectivity index (χ4v) is 3.59. The molecule has 1 aromatic heterocycles. The second-order valence-corrected chi connectivity index (χ2v) is 6.78. The summed E-state index contributed by atoms with van der Waals surface area (Å²) in [6.45, 7) is 3.81. The highest BCUT2D eigenvalue weighted by atomic mass is 16.7. The van der Waals surface area contributed by atoms with Gasteiger partial charge in [-0.25, -0.2) is 0 Å². The highest BCUT2D eigenvalue weighted by molar-refractivity contribution is 5.46. The number of benzene rings is 1. The number of nitrogens with one attached hydrogen (secondary N) is 1. The van der Waals surface area contributed by atoms with E-state index in [1.807, 2.05) is 18.2 Å². The topological polar surface area (TPSA) is 90.9 Å². The van der Waals surface area contributed by atoms with Gasteiger partial charge in [-0.1, -0.05) is 6.07 Å². The summed E-state index contributed by atoms with van der Waals surface area (Å²) in [6.07, 6.45) is 3.25. The van der Waals surface area contributed by atoms with Crippen LogP contribution in [0.3, 0.4) is 0 Å². The predicted octanol–water partition coefficient (Wildman–Crippen LogP) is 1.56. The van der Waals surface area contributed by atoms with Crippen LogP contribution >= 0.6 is 0 Å². The number of anilines is 2. The highest BCUT2D eigenvalue weighted by Gasteiger charge is 2.40. The largest absolute Gasteiger partial charge is 0.454 e. The van der Waals surface area contributed by atoms with Crippen molar-refractivity contribution in [3.8, 4) is 11.5 Å². The molecule has 1 N–H and O–H groups in total. The number of ether oxygens (including phenoxy) is 4. The minimum atomic E-state index is -0.404. The van der Waals surface area contributed by atoms with E-state index in [0.29, 0.717) is 31.5 Å². The van der Waals surface area contributed by atoms with Crippen LogP contribution in [0.4, 0.5) is 11.8 Å². The summed E-state index contributed by atoms with van der Waals surface area (Å²) in [6, 6.07) is 5.89. The van der Waals surface area contributed by atoms with Gasteiger partial charge in [0.15, 0.2) is 23.1 Å². The molecule has 3 aliphatic rings. The molecule has 1 aromatic carbocycles. The van der Waals surface area contributed by atoms with E-state index in [-0.39, 0.29) is 6.79 Å². The molecule has 0 unspecified atom stereocenters. The minimum absolute atomic E-state index is 0.276. The Bertz CT molecular complexity index is 817. The number of rotatable bonds is 4. The van der Waals surface area contributed by atoms with Crippen molar-refractivity contribution in [1.29, 1.82) is 0 Å². The Balaban J connectivity index is 1.22. The fraction of sp³-hybridized carbons (Fsp3) is 0.500. The first kappa shape index (κ1) is 16.5. The van der Waals surface area contributed by atoms with E-state index in [2.05, 4.69) is 25.4 Å². The summed E-state index contributed by atoms with van der Waals surface area (Å²) in [7, 11) is 0. The molecule has 0 radical (unpaired) electrons. The van der Waals surface area contributed by atoms with Crippen LogP contribution in [-0.2, 0) is 16.0 Å². The monoisotopic (exact) mass is 371 g/mol. The van der Waals surface area contributed by atoms with E-state index in [4.69, 9.17) is 18.9 Å². The Labute approximate surface area is 156 Å². The van der Waals surface area contributed by atoms with Crippen LogP contribution in [0.1, 0.15) is 18.4 Å². The van der Waals surface area contributed by atoms with E-state index >= 15 is 0 Å². The standard InChI is InChI=1S/C18H21N5O4/c1-2-14-15(25-12-24-14)9-13(1)10-19-16-11-20-22-17(21-16)23-5-3-18(4-6-23)26-7-8-27-18/h1-2,9,11H,3-8,10,12H2,(H,19,21,22). The van der Waals surface area contributed by atoms with Crippen LogP contribution < -0.4 is 19.7 Å². The molecular weight excluding hydrogens is 350 g/mol. The maximum Gasteiger partial charge on any atom is 0.247 e. The van der Waals surface area contributed by atoms with Crippen LogP contribution in [0.25, 0.3) is 0 Å². The summed E-state index contributed by atoms with van der Waals surface area (Å²) in [5.41, 5.74) is 1.08. The molecule has 9 nitrogen and oxygen atoms in total. The average Bonchev–Trinajstić information content (AvgIpc) is 3.36. The molecule has 3 aliphatic heterocycles. The minimum Gasteiger partial charge on any atom is -0.454 e. The average molecular weight is 371 g/mol. The van der Waals surface area contributed by atoms with Crippen LogP contribution in [-0.4, -0.2) is 54.1 Å². The SMILES string of the molecule is c1cc2c(cc1CNc1cnnc(N3CCC4(CC3)OCCO4)n1)OCO2. The number of aromatic nitrogens is 3. The zero-order chi connectivity index (χ0) is 18.1. The normalized spacial score (nSPS) is 20.2. The van der Waals surface area contributed by atoms with Crippen LogP contribution in [0.2, 0.25) is 0 Å². The van der Waals surface area contributed by atoms with Crippen molar-refractivity contribution in [2.75, 3.05) is 43.3 Å². The quantitative estimate of drug-likeness (QED) is 0.859. The summed E-state index contributed by atoms with van der Waals surface area (Å²) < 4.78 is 22.3. The lowest BCUT2D eigenvalue weighted by atomic mass is 10.0. The molecule has 0 atom stereocenters. The Kier molecular flexibility index (Phi) is 4.17. The van der Waals surface area contributed by atoms with Gasteiger partial charge in [0, 0.05) is 32.5 Å². The summed E-state index contributed by atoms with van der Waals surface area (Å²) >= 11 is 0. The van der Waals surface area contributed by atoms with Crippen LogP contribution in [0.5, 0.6) is 11.5 Å². The van der Waals surface area contributed by atoms with Gasteiger partial charge in [-0.3, -0.25) is 0 Å². The maximum atomic E-state index is 5.77. The second kappa shape index (κ2) is 6.82. The molecule has 2 aromatic rings. The van der Waals surface area contributed by atoms with Gasteiger partial charge in [0.2, 0.25) is 12.7 Å². The van der Waals surface area contributed by atoms with E-state index in [1.165, 1.54) is 0 Å². The lowest BCUT2D eigenvalue weighted by Crippen LogP contribution is -2.45.